The molecule has 0 aliphatic rings. The van der Waals surface area contributed by atoms with Crippen LogP contribution in [0.2, 0.25) is 0 Å². The lowest BCUT2D eigenvalue weighted by molar-refractivity contribution is 0.185. The Labute approximate surface area is 72.6 Å². The quantitative estimate of drug-likeness (QED) is 0.620. The summed E-state index contributed by atoms with van der Waals surface area (Å²) in [7, 11) is 1.67. The Balaban J connectivity index is 2.66. The molecule has 12 heavy (non-hydrogen) atoms. The summed E-state index contributed by atoms with van der Waals surface area (Å²) in [4.78, 5) is 3.30. The third-order valence-corrected chi connectivity index (χ3v) is 1.60. The SMILES string of the molecule is [C-]#[N+]Cc1ccc(COC)cc1. The van der Waals surface area contributed by atoms with Gasteiger partial charge in [-0.15, -0.1) is 0 Å². The normalized spacial score (nSPS) is 9.33. The number of methoxy groups -OCH3 is 1. The Kier molecular flexibility index (Phi) is 3.31. The van der Waals surface area contributed by atoms with Crippen LogP contribution >= 0.6 is 0 Å². The largest absolute Gasteiger partial charge is 0.380 e. The standard InChI is InChI=1S/C10H11NO/c1-11-7-9-3-5-10(6-4-9)8-12-2/h3-6H,7-8H2,2H3. The predicted octanol–water partition coefficient (Wildman–Crippen LogP) is 2.25. The van der Waals surface area contributed by atoms with Crippen molar-refractivity contribution in [1.29, 1.82) is 0 Å². The lowest BCUT2D eigenvalue weighted by Gasteiger charge is -1.98. The van der Waals surface area contributed by atoms with E-state index in [9.17, 15) is 0 Å². The van der Waals surface area contributed by atoms with Gasteiger partial charge < -0.3 is 9.58 Å². The van der Waals surface area contributed by atoms with Gasteiger partial charge in [0.05, 0.1) is 6.61 Å². The molecule has 0 radical (unpaired) electrons. The number of hydrogen-bond donors (Lipinski definition) is 0. The average molecular weight is 161 g/mol. The summed E-state index contributed by atoms with van der Waals surface area (Å²) < 4.78 is 4.97. The van der Waals surface area contributed by atoms with E-state index in [1.807, 2.05) is 24.3 Å². The first-order valence-electron chi connectivity index (χ1n) is 3.77. The van der Waals surface area contributed by atoms with E-state index in [1.165, 1.54) is 0 Å². The van der Waals surface area contributed by atoms with Gasteiger partial charge in [-0.05, 0) is 5.56 Å². The van der Waals surface area contributed by atoms with Crippen molar-refractivity contribution in [3.63, 3.8) is 0 Å². The fourth-order valence-corrected chi connectivity index (χ4v) is 0.999. The molecule has 0 aliphatic heterocycles. The van der Waals surface area contributed by atoms with Crippen LogP contribution in [0.5, 0.6) is 0 Å². The Hall–Kier alpha value is -1.33. The van der Waals surface area contributed by atoms with Gasteiger partial charge in [0.2, 0.25) is 6.54 Å². The monoisotopic (exact) mass is 161 g/mol. The summed E-state index contributed by atoms with van der Waals surface area (Å²) in [5.74, 6) is 0. The van der Waals surface area contributed by atoms with Crippen LogP contribution in [-0.4, -0.2) is 7.11 Å². The first-order chi connectivity index (χ1) is 5.86. The Morgan fingerprint density at radius 1 is 1.25 bits per heavy atom. The summed E-state index contributed by atoms with van der Waals surface area (Å²) in [5.41, 5.74) is 2.20. The molecule has 1 rings (SSSR count). The van der Waals surface area contributed by atoms with Gasteiger partial charge in [-0.2, -0.15) is 0 Å². The van der Waals surface area contributed by atoms with Crippen LogP contribution in [-0.2, 0) is 17.9 Å². The molecule has 0 unspecified atom stereocenters. The molecule has 62 valence electrons. The van der Waals surface area contributed by atoms with Crippen molar-refractivity contribution in [1.82, 2.24) is 0 Å². The van der Waals surface area contributed by atoms with Crippen LogP contribution in [0, 0.1) is 6.57 Å². The number of benzene rings is 1. The van der Waals surface area contributed by atoms with E-state index in [0.717, 1.165) is 11.1 Å². The van der Waals surface area contributed by atoms with Crippen molar-refractivity contribution in [3.05, 3.63) is 46.8 Å². The van der Waals surface area contributed by atoms with E-state index in [4.69, 9.17) is 11.3 Å². The predicted molar refractivity (Wildman–Crippen MR) is 47.5 cm³/mol. The fourth-order valence-electron chi connectivity index (χ4n) is 0.999. The van der Waals surface area contributed by atoms with Crippen LogP contribution < -0.4 is 0 Å². The average Bonchev–Trinajstić information content (AvgIpc) is 2.09. The second kappa shape index (κ2) is 4.53. The molecule has 1 aromatic rings. The molecule has 0 aromatic heterocycles. The summed E-state index contributed by atoms with van der Waals surface area (Å²) in [6.07, 6.45) is 0. The third-order valence-electron chi connectivity index (χ3n) is 1.60. The van der Waals surface area contributed by atoms with Crippen LogP contribution in [0.25, 0.3) is 4.85 Å². The molecule has 1 aromatic carbocycles. The first kappa shape index (κ1) is 8.76. The van der Waals surface area contributed by atoms with Crippen LogP contribution in [0.15, 0.2) is 24.3 Å². The minimum atomic E-state index is 0.466. The maximum absolute atomic E-state index is 6.68. The number of hydrogen-bond acceptors (Lipinski definition) is 1. The molecule has 0 atom stereocenters. The topological polar surface area (TPSA) is 13.6 Å². The Bertz CT molecular complexity index is 271. The highest BCUT2D eigenvalue weighted by atomic mass is 16.5. The molecule has 0 saturated heterocycles. The van der Waals surface area contributed by atoms with E-state index in [0.29, 0.717) is 13.2 Å². The number of nitrogens with zero attached hydrogens (tertiary/aromatic N) is 1. The molecule has 0 aliphatic carbocycles. The van der Waals surface area contributed by atoms with Gasteiger partial charge >= 0.3 is 0 Å². The van der Waals surface area contributed by atoms with Gasteiger partial charge in [0, 0.05) is 12.7 Å². The lowest BCUT2D eigenvalue weighted by atomic mass is 10.1. The molecule has 2 nitrogen and oxygen atoms in total. The molecule has 0 spiro atoms. The molecule has 0 saturated carbocycles. The fraction of sp³-hybridized carbons (Fsp3) is 0.300. The molecule has 0 fully saturated rings. The Morgan fingerprint density at radius 2 is 1.83 bits per heavy atom. The number of rotatable bonds is 3. The molecular formula is C10H11NO. The van der Waals surface area contributed by atoms with Gasteiger partial charge in [-0.1, -0.05) is 24.3 Å². The third kappa shape index (κ3) is 2.37. The summed E-state index contributed by atoms with van der Waals surface area (Å²) in [6, 6.07) is 7.91. The molecule has 0 amide bonds. The molecular weight excluding hydrogens is 150 g/mol. The highest BCUT2D eigenvalue weighted by molar-refractivity contribution is 5.22. The minimum absolute atomic E-state index is 0.466. The lowest BCUT2D eigenvalue weighted by Crippen LogP contribution is -1.87. The van der Waals surface area contributed by atoms with Crippen LogP contribution in [0.3, 0.4) is 0 Å². The molecule has 0 N–H and O–H groups in total. The van der Waals surface area contributed by atoms with E-state index >= 15 is 0 Å². The zero-order valence-corrected chi connectivity index (χ0v) is 7.08. The van der Waals surface area contributed by atoms with E-state index in [1.54, 1.807) is 7.11 Å². The summed E-state index contributed by atoms with van der Waals surface area (Å²) in [6.45, 7) is 7.78. The molecule has 0 heterocycles. The Morgan fingerprint density at radius 3 is 2.33 bits per heavy atom. The molecule has 0 bridgehead atoms. The van der Waals surface area contributed by atoms with Crippen LogP contribution in [0.1, 0.15) is 11.1 Å². The van der Waals surface area contributed by atoms with Crippen molar-refractivity contribution >= 4 is 0 Å². The van der Waals surface area contributed by atoms with Gasteiger partial charge in [0.15, 0.2) is 0 Å². The minimum Gasteiger partial charge on any atom is -0.380 e. The summed E-state index contributed by atoms with van der Waals surface area (Å²) in [5, 5.41) is 0. The summed E-state index contributed by atoms with van der Waals surface area (Å²) >= 11 is 0. The first-order valence-corrected chi connectivity index (χ1v) is 3.77. The van der Waals surface area contributed by atoms with Gasteiger partial charge in [-0.3, -0.25) is 0 Å². The van der Waals surface area contributed by atoms with Crippen molar-refractivity contribution in [2.24, 2.45) is 0 Å². The van der Waals surface area contributed by atoms with Crippen molar-refractivity contribution in [3.8, 4) is 0 Å². The van der Waals surface area contributed by atoms with Gasteiger partial charge in [0.25, 0.3) is 0 Å². The second-order valence-corrected chi connectivity index (χ2v) is 2.57. The second-order valence-electron chi connectivity index (χ2n) is 2.57. The van der Waals surface area contributed by atoms with Crippen molar-refractivity contribution < 1.29 is 4.74 Å². The maximum atomic E-state index is 6.68. The van der Waals surface area contributed by atoms with E-state index in [2.05, 4.69) is 4.85 Å². The van der Waals surface area contributed by atoms with Crippen molar-refractivity contribution in [2.45, 2.75) is 13.2 Å². The maximum Gasteiger partial charge on any atom is 0.239 e. The van der Waals surface area contributed by atoms with E-state index < -0.39 is 0 Å². The highest BCUT2D eigenvalue weighted by Crippen LogP contribution is 2.06. The zero-order chi connectivity index (χ0) is 8.81. The smallest absolute Gasteiger partial charge is 0.239 e. The van der Waals surface area contributed by atoms with E-state index in [-0.39, 0.29) is 0 Å². The zero-order valence-electron chi connectivity index (χ0n) is 7.08. The van der Waals surface area contributed by atoms with Gasteiger partial charge in [0.1, 0.15) is 0 Å². The van der Waals surface area contributed by atoms with Gasteiger partial charge in [-0.25, -0.2) is 6.57 Å². The van der Waals surface area contributed by atoms with Crippen LogP contribution in [0.4, 0.5) is 0 Å². The molecule has 2 heteroatoms. The highest BCUT2D eigenvalue weighted by Gasteiger charge is 1.94. The number of ether oxygens (including phenoxy) is 1. The van der Waals surface area contributed by atoms with Crippen molar-refractivity contribution in [2.75, 3.05) is 7.11 Å².